The van der Waals surface area contributed by atoms with E-state index in [1.807, 2.05) is 12.1 Å². The normalized spacial score (nSPS) is 23.5. The molecule has 30 heavy (non-hydrogen) atoms. The average Bonchev–Trinajstić information content (AvgIpc) is 2.72. The van der Waals surface area contributed by atoms with Gasteiger partial charge in [-0.25, -0.2) is 8.42 Å². The van der Waals surface area contributed by atoms with Gasteiger partial charge in [-0.1, -0.05) is 30.4 Å². The van der Waals surface area contributed by atoms with Crippen LogP contribution in [0.2, 0.25) is 0 Å². The van der Waals surface area contributed by atoms with Crippen molar-refractivity contribution in [2.45, 2.75) is 49.6 Å². The Labute approximate surface area is 181 Å². The molecular formula is C24H34N2O3S. The van der Waals surface area contributed by atoms with Gasteiger partial charge >= 0.3 is 0 Å². The zero-order valence-corrected chi connectivity index (χ0v) is 19.2. The minimum Gasteiger partial charge on any atom is -0.484 e. The fourth-order valence-corrected chi connectivity index (χ4v) is 5.26. The molecule has 5 nitrogen and oxygen atoms in total. The summed E-state index contributed by atoms with van der Waals surface area (Å²) in [5.41, 5.74) is 0.601. The number of likely N-dealkylation sites (tertiary alicyclic amines) is 1. The van der Waals surface area contributed by atoms with Gasteiger partial charge in [-0.2, -0.15) is 0 Å². The van der Waals surface area contributed by atoms with Crippen molar-refractivity contribution in [3.63, 3.8) is 0 Å². The van der Waals surface area contributed by atoms with Gasteiger partial charge in [-0.15, -0.1) is 6.58 Å². The van der Waals surface area contributed by atoms with E-state index in [4.69, 9.17) is 4.74 Å². The number of hydrogen-bond acceptors (Lipinski definition) is 5. The van der Waals surface area contributed by atoms with Crippen molar-refractivity contribution in [3.05, 3.63) is 66.6 Å². The Balaban J connectivity index is 1.91. The fourth-order valence-electron chi connectivity index (χ4n) is 4.12. The van der Waals surface area contributed by atoms with Gasteiger partial charge in [0, 0.05) is 6.04 Å². The lowest BCUT2D eigenvalue weighted by atomic mass is 9.97. The second kappa shape index (κ2) is 9.40. The van der Waals surface area contributed by atoms with Gasteiger partial charge in [0.25, 0.3) is 0 Å². The number of rotatable bonds is 6. The van der Waals surface area contributed by atoms with E-state index in [1.54, 1.807) is 30.3 Å². The third-order valence-electron chi connectivity index (χ3n) is 5.70. The molecule has 0 unspecified atom stereocenters. The molecule has 164 valence electrons. The molecule has 2 aliphatic heterocycles. The number of ether oxygens (including phenoxy) is 1. The van der Waals surface area contributed by atoms with Crippen molar-refractivity contribution in [1.82, 2.24) is 9.80 Å². The SMILES string of the molecule is C=CC/C=C1\C(=C/CS(=O)(=O)c2ccccc2)OC(C)(C)CN1C1CCN(C)CC1. The van der Waals surface area contributed by atoms with Crippen LogP contribution in [0.1, 0.15) is 33.1 Å². The number of hydrogen-bond donors (Lipinski definition) is 0. The summed E-state index contributed by atoms with van der Waals surface area (Å²) >= 11 is 0. The van der Waals surface area contributed by atoms with Crippen LogP contribution < -0.4 is 0 Å². The number of nitrogens with zero attached hydrogens (tertiary/aromatic N) is 2. The fraction of sp³-hybridized carbons (Fsp3) is 0.500. The maximum atomic E-state index is 12.8. The molecule has 0 radical (unpaired) electrons. The highest BCUT2D eigenvalue weighted by Gasteiger charge is 2.38. The lowest BCUT2D eigenvalue weighted by Gasteiger charge is -2.48. The molecule has 2 heterocycles. The Hall–Kier alpha value is -2.05. The largest absolute Gasteiger partial charge is 0.484 e. The molecule has 0 aliphatic carbocycles. The highest BCUT2D eigenvalue weighted by atomic mass is 32.2. The third-order valence-corrected chi connectivity index (χ3v) is 7.29. The van der Waals surface area contributed by atoms with Gasteiger partial charge in [0.2, 0.25) is 0 Å². The number of allylic oxidation sites excluding steroid dienone is 2. The summed E-state index contributed by atoms with van der Waals surface area (Å²) in [6.07, 6.45) is 8.60. The van der Waals surface area contributed by atoms with Crippen LogP contribution in [0.4, 0.5) is 0 Å². The molecule has 2 aliphatic rings. The first-order chi connectivity index (χ1) is 14.2. The van der Waals surface area contributed by atoms with Gasteiger partial charge in [-0.3, -0.25) is 0 Å². The first-order valence-corrected chi connectivity index (χ1v) is 12.3. The molecule has 0 aromatic heterocycles. The minimum absolute atomic E-state index is 0.0882. The van der Waals surface area contributed by atoms with Crippen molar-refractivity contribution in [2.24, 2.45) is 0 Å². The van der Waals surface area contributed by atoms with Crippen LogP contribution in [0.25, 0.3) is 0 Å². The number of piperidine rings is 1. The summed E-state index contributed by atoms with van der Waals surface area (Å²) in [4.78, 5) is 5.13. The second-order valence-corrected chi connectivity index (χ2v) is 10.8. The van der Waals surface area contributed by atoms with Crippen molar-refractivity contribution >= 4 is 9.84 Å². The van der Waals surface area contributed by atoms with Gasteiger partial charge in [-0.05, 0) is 71.5 Å². The summed E-state index contributed by atoms with van der Waals surface area (Å²) in [6, 6.07) is 9.02. The molecule has 0 saturated carbocycles. The van der Waals surface area contributed by atoms with Crippen molar-refractivity contribution in [3.8, 4) is 0 Å². The Morgan fingerprint density at radius 3 is 2.47 bits per heavy atom. The highest BCUT2D eigenvalue weighted by molar-refractivity contribution is 7.91. The molecule has 0 bridgehead atoms. The Morgan fingerprint density at radius 1 is 1.17 bits per heavy atom. The molecule has 1 aromatic carbocycles. The van der Waals surface area contributed by atoms with E-state index in [-0.39, 0.29) is 5.75 Å². The minimum atomic E-state index is -3.42. The third kappa shape index (κ3) is 5.55. The lowest BCUT2D eigenvalue weighted by molar-refractivity contribution is -0.0385. The molecule has 0 atom stereocenters. The monoisotopic (exact) mass is 430 g/mol. The summed E-state index contributed by atoms with van der Waals surface area (Å²) in [6.45, 7) is 10.9. The van der Waals surface area contributed by atoms with E-state index in [0.717, 1.165) is 38.2 Å². The second-order valence-electron chi connectivity index (χ2n) is 8.80. The standard InChI is InChI=1S/C24H34N2O3S/c1-5-6-12-22-23(15-18-30(27,28)21-10-8-7-9-11-21)29-24(2,3)19-26(22)20-13-16-25(4)17-14-20/h5,7-12,15,20H,1,6,13-14,16-19H2,2-4H3/b22-12+,23-15+. The van der Waals surface area contributed by atoms with E-state index >= 15 is 0 Å². The maximum Gasteiger partial charge on any atom is 0.182 e. The molecule has 3 rings (SSSR count). The molecule has 1 aromatic rings. The summed E-state index contributed by atoms with van der Waals surface area (Å²) < 4.78 is 31.9. The first-order valence-electron chi connectivity index (χ1n) is 10.7. The molecule has 0 N–H and O–H groups in total. The first kappa shape index (κ1) is 22.6. The van der Waals surface area contributed by atoms with Crippen LogP contribution in [-0.4, -0.2) is 62.3 Å². The summed E-state index contributed by atoms with van der Waals surface area (Å²) in [7, 11) is -1.26. The van der Waals surface area contributed by atoms with Crippen molar-refractivity contribution < 1.29 is 13.2 Å². The Bertz CT molecular complexity index is 896. The van der Waals surface area contributed by atoms with Crippen LogP contribution >= 0.6 is 0 Å². The quantitative estimate of drug-likeness (QED) is 0.638. The van der Waals surface area contributed by atoms with E-state index in [2.05, 4.69) is 43.3 Å². The predicted octanol–water partition coefficient (Wildman–Crippen LogP) is 4.01. The molecule has 6 heteroatoms. The summed E-state index contributed by atoms with van der Waals surface area (Å²) in [5, 5.41) is 0. The predicted molar refractivity (Wildman–Crippen MR) is 122 cm³/mol. The maximum absolute atomic E-state index is 12.8. The van der Waals surface area contributed by atoms with Crippen LogP contribution in [0.15, 0.2) is 71.5 Å². The van der Waals surface area contributed by atoms with Crippen LogP contribution in [-0.2, 0) is 14.6 Å². The lowest BCUT2D eigenvalue weighted by Crippen LogP contribution is -2.52. The van der Waals surface area contributed by atoms with E-state index in [1.165, 1.54) is 0 Å². The van der Waals surface area contributed by atoms with Crippen LogP contribution in [0, 0.1) is 0 Å². The Morgan fingerprint density at radius 2 is 1.83 bits per heavy atom. The number of benzene rings is 1. The average molecular weight is 431 g/mol. The zero-order valence-electron chi connectivity index (χ0n) is 18.4. The summed E-state index contributed by atoms with van der Waals surface area (Å²) in [5.74, 6) is 0.571. The topological polar surface area (TPSA) is 49.9 Å². The molecule has 2 fully saturated rings. The van der Waals surface area contributed by atoms with Crippen molar-refractivity contribution in [2.75, 3.05) is 32.4 Å². The van der Waals surface area contributed by atoms with Gasteiger partial charge in [0.15, 0.2) is 9.84 Å². The van der Waals surface area contributed by atoms with Crippen molar-refractivity contribution in [1.29, 1.82) is 0 Å². The van der Waals surface area contributed by atoms with Crippen LogP contribution in [0.3, 0.4) is 0 Å². The van der Waals surface area contributed by atoms with Gasteiger partial charge < -0.3 is 14.5 Å². The van der Waals surface area contributed by atoms with Gasteiger partial charge in [0.05, 0.1) is 22.9 Å². The number of morpholine rings is 1. The molecule has 0 amide bonds. The van der Waals surface area contributed by atoms with Crippen LogP contribution in [0.5, 0.6) is 0 Å². The van der Waals surface area contributed by atoms with E-state index in [0.29, 0.717) is 23.1 Å². The smallest absolute Gasteiger partial charge is 0.182 e. The molecular weight excluding hydrogens is 396 g/mol. The molecule has 2 saturated heterocycles. The van der Waals surface area contributed by atoms with E-state index in [9.17, 15) is 8.42 Å². The number of sulfone groups is 1. The molecule has 0 spiro atoms. The van der Waals surface area contributed by atoms with Gasteiger partial charge in [0.1, 0.15) is 11.4 Å². The zero-order chi connectivity index (χ0) is 21.8. The Kier molecular flexibility index (Phi) is 7.09. The highest BCUT2D eigenvalue weighted by Crippen LogP contribution is 2.35. The van der Waals surface area contributed by atoms with E-state index < -0.39 is 15.4 Å².